The molecule has 0 aliphatic heterocycles. The SMILES string of the molecule is O=C(O)c1ccc2nc(NCCc3cccnc3)oc2c1. The molecule has 0 radical (unpaired) electrons. The molecule has 21 heavy (non-hydrogen) atoms. The van der Waals surface area contributed by atoms with Gasteiger partial charge >= 0.3 is 5.97 Å². The highest BCUT2D eigenvalue weighted by molar-refractivity contribution is 5.92. The van der Waals surface area contributed by atoms with Crippen LogP contribution in [0.2, 0.25) is 0 Å². The van der Waals surface area contributed by atoms with E-state index in [2.05, 4.69) is 15.3 Å². The summed E-state index contributed by atoms with van der Waals surface area (Å²) in [6.07, 6.45) is 4.34. The maximum absolute atomic E-state index is 10.9. The van der Waals surface area contributed by atoms with Crippen LogP contribution in [0.25, 0.3) is 11.1 Å². The van der Waals surface area contributed by atoms with Crippen LogP contribution in [-0.2, 0) is 6.42 Å². The first-order chi connectivity index (χ1) is 10.2. The van der Waals surface area contributed by atoms with Crippen LogP contribution in [0.5, 0.6) is 0 Å². The van der Waals surface area contributed by atoms with Crippen LogP contribution < -0.4 is 5.32 Å². The number of pyridine rings is 1. The number of aromatic nitrogens is 2. The van der Waals surface area contributed by atoms with Gasteiger partial charge in [-0.25, -0.2) is 4.79 Å². The molecule has 106 valence electrons. The first-order valence-corrected chi connectivity index (χ1v) is 6.49. The topological polar surface area (TPSA) is 88.2 Å². The summed E-state index contributed by atoms with van der Waals surface area (Å²) in [7, 11) is 0. The molecular formula is C15H13N3O3. The fourth-order valence-electron chi connectivity index (χ4n) is 1.99. The lowest BCUT2D eigenvalue weighted by Crippen LogP contribution is -2.04. The first-order valence-electron chi connectivity index (χ1n) is 6.49. The lowest BCUT2D eigenvalue weighted by molar-refractivity contribution is 0.0697. The van der Waals surface area contributed by atoms with Crippen LogP contribution in [0.1, 0.15) is 15.9 Å². The number of oxazole rings is 1. The van der Waals surface area contributed by atoms with Crippen molar-refractivity contribution in [3.8, 4) is 0 Å². The average molecular weight is 283 g/mol. The van der Waals surface area contributed by atoms with E-state index in [1.165, 1.54) is 12.1 Å². The molecule has 2 aromatic heterocycles. The minimum Gasteiger partial charge on any atom is -0.478 e. The average Bonchev–Trinajstić information content (AvgIpc) is 2.90. The van der Waals surface area contributed by atoms with Crippen LogP contribution in [0, 0.1) is 0 Å². The highest BCUT2D eigenvalue weighted by Gasteiger charge is 2.09. The Kier molecular flexibility index (Phi) is 3.51. The zero-order valence-electron chi connectivity index (χ0n) is 11.1. The van der Waals surface area contributed by atoms with Crippen LogP contribution in [0.3, 0.4) is 0 Å². The van der Waals surface area contributed by atoms with Gasteiger partial charge < -0.3 is 14.8 Å². The third-order valence-electron chi connectivity index (χ3n) is 3.05. The third kappa shape index (κ3) is 3.00. The Morgan fingerprint density at radius 2 is 2.24 bits per heavy atom. The number of carbonyl (C=O) groups is 1. The highest BCUT2D eigenvalue weighted by Crippen LogP contribution is 2.20. The van der Waals surface area contributed by atoms with E-state index in [0.29, 0.717) is 23.7 Å². The van der Waals surface area contributed by atoms with E-state index < -0.39 is 5.97 Å². The third-order valence-corrected chi connectivity index (χ3v) is 3.05. The smallest absolute Gasteiger partial charge is 0.335 e. The Balaban J connectivity index is 1.68. The number of carboxylic acids is 1. The van der Waals surface area contributed by atoms with Gasteiger partial charge in [0.05, 0.1) is 5.56 Å². The number of nitrogens with zero attached hydrogens (tertiary/aromatic N) is 2. The normalized spacial score (nSPS) is 10.7. The van der Waals surface area contributed by atoms with Gasteiger partial charge in [0, 0.05) is 18.9 Å². The van der Waals surface area contributed by atoms with Gasteiger partial charge in [-0.2, -0.15) is 4.98 Å². The lowest BCUT2D eigenvalue weighted by atomic mass is 10.2. The summed E-state index contributed by atoms with van der Waals surface area (Å²) in [5, 5.41) is 12.0. The van der Waals surface area contributed by atoms with Gasteiger partial charge in [-0.05, 0) is 36.2 Å². The number of aromatic carboxylic acids is 1. The summed E-state index contributed by atoms with van der Waals surface area (Å²) in [6.45, 7) is 0.657. The molecule has 3 aromatic rings. The molecule has 1 aromatic carbocycles. The molecule has 0 amide bonds. The summed E-state index contributed by atoms with van der Waals surface area (Å²) in [5.41, 5.74) is 2.39. The molecule has 2 N–H and O–H groups in total. The zero-order chi connectivity index (χ0) is 14.7. The molecule has 2 heterocycles. The summed E-state index contributed by atoms with van der Waals surface area (Å²) in [4.78, 5) is 19.2. The van der Waals surface area contributed by atoms with E-state index in [4.69, 9.17) is 9.52 Å². The van der Waals surface area contributed by atoms with Gasteiger partial charge in [-0.15, -0.1) is 0 Å². The number of nitrogens with one attached hydrogen (secondary N) is 1. The summed E-state index contributed by atoms with van der Waals surface area (Å²) < 4.78 is 5.50. The Hall–Kier alpha value is -2.89. The fourth-order valence-corrected chi connectivity index (χ4v) is 1.99. The maximum Gasteiger partial charge on any atom is 0.335 e. The number of hydrogen-bond acceptors (Lipinski definition) is 5. The molecule has 0 aliphatic carbocycles. The van der Waals surface area contributed by atoms with E-state index in [-0.39, 0.29) is 5.56 Å². The predicted octanol–water partition coefficient (Wildman–Crippen LogP) is 2.58. The quantitative estimate of drug-likeness (QED) is 0.748. The molecule has 6 heteroatoms. The Bertz CT molecular complexity index is 768. The second-order valence-corrected chi connectivity index (χ2v) is 4.54. The summed E-state index contributed by atoms with van der Waals surface area (Å²) in [6, 6.07) is 8.89. The number of rotatable bonds is 5. The van der Waals surface area contributed by atoms with Gasteiger partial charge in [-0.3, -0.25) is 4.98 Å². The van der Waals surface area contributed by atoms with Crippen LogP contribution in [0.15, 0.2) is 47.1 Å². The van der Waals surface area contributed by atoms with E-state index >= 15 is 0 Å². The van der Waals surface area contributed by atoms with Crippen molar-refractivity contribution < 1.29 is 14.3 Å². The Morgan fingerprint density at radius 3 is 3.00 bits per heavy atom. The van der Waals surface area contributed by atoms with Crippen molar-refractivity contribution in [2.45, 2.75) is 6.42 Å². The van der Waals surface area contributed by atoms with Crippen LogP contribution >= 0.6 is 0 Å². The minimum atomic E-state index is -0.987. The Morgan fingerprint density at radius 1 is 1.33 bits per heavy atom. The van der Waals surface area contributed by atoms with E-state index in [0.717, 1.165) is 12.0 Å². The molecule has 0 spiro atoms. The van der Waals surface area contributed by atoms with Crippen molar-refractivity contribution >= 4 is 23.1 Å². The molecule has 0 atom stereocenters. The van der Waals surface area contributed by atoms with E-state index in [9.17, 15) is 4.79 Å². The zero-order valence-corrected chi connectivity index (χ0v) is 11.1. The standard InChI is InChI=1S/C15H13N3O3/c19-14(20)11-3-4-12-13(8-11)21-15(18-12)17-7-5-10-2-1-6-16-9-10/h1-4,6,8-9H,5,7H2,(H,17,18)(H,19,20). The summed E-state index contributed by atoms with van der Waals surface area (Å²) in [5.74, 6) is -0.987. The lowest BCUT2D eigenvalue weighted by Gasteiger charge is -2.01. The monoisotopic (exact) mass is 283 g/mol. The fraction of sp³-hybridized carbons (Fsp3) is 0.133. The number of benzene rings is 1. The van der Waals surface area contributed by atoms with Crippen molar-refractivity contribution in [2.24, 2.45) is 0 Å². The molecule has 0 fully saturated rings. The highest BCUT2D eigenvalue weighted by atomic mass is 16.4. The Labute approximate surface area is 120 Å². The van der Waals surface area contributed by atoms with Gasteiger partial charge in [0.15, 0.2) is 5.58 Å². The number of hydrogen-bond donors (Lipinski definition) is 2. The van der Waals surface area contributed by atoms with E-state index in [1.54, 1.807) is 12.3 Å². The number of carboxylic acid groups (broad SMARTS) is 1. The number of anilines is 1. The number of fused-ring (bicyclic) bond motifs is 1. The van der Waals surface area contributed by atoms with Crippen molar-refractivity contribution in [2.75, 3.05) is 11.9 Å². The molecule has 0 aliphatic rings. The first kappa shape index (κ1) is 13.1. The van der Waals surface area contributed by atoms with Crippen molar-refractivity contribution in [1.82, 2.24) is 9.97 Å². The van der Waals surface area contributed by atoms with Gasteiger partial charge in [0.1, 0.15) is 5.52 Å². The molecule has 0 saturated carbocycles. The predicted molar refractivity (Wildman–Crippen MR) is 77.4 cm³/mol. The van der Waals surface area contributed by atoms with Crippen LogP contribution in [0.4, 0.5) is 6.01 Å². The summed E-state index contributed by atoms with van der Waals surface area (Å²) >= 11 is 0. The largest absolute Gasteiger partial charge is 0.478 e. The molecule has 0 unspecified atom stereocenters. The maximum atomic E-state index is 10.9. The second kappa shape index (κ2) is 5.62. The molecule has 0 bridgehead atoms. The molecule has 3 rings (SSSR count). The molecule has 6 nitrogen and oxygen atoms in total. The van der Waals surface area contributed by atoms with Gasteiger partial charge in [-0.1, -0.05) is 6.07 Å². The van der Waals surface area contributed by atoms with Crippen molar-refractivity contribution in [3.05, 3.63) is 53.9 Å². The molecular weight excluding hydrogens is 270 g/mol. The van der Waals surface area contributed by atoms with Gasteiger partial charge in [0.2, 0.25) is 0 Å². The van der Waals surface area contributed by atoms with Crippen LogP contribution in [-0.4, -0.2) is 27.6 Å². The van der Waals surface area contributed by atoms with Gasteiger partial charge in [0.25, 0.3) is 6.01 Å². The minimum absolute atomic E-state index is 0.181. The van der Waals surface area contributed by atoms with Crippen molar-refractivity contribution in [3.63, 3.8) is 0 Å². The van der Waals surface area contributed by atoms with Crippen molar-refractivity contribution in [1.29, 1.82) is 0 Å². The van der Waals surface area contributed by atoms with E-state index in [1.807, 2.05) is 18.3 Å². The second-order valence-electron chi connectivity index (χ2n) is 4.54. The molecule has 0 saturated heterocycles.